The average molecular weight is 280 g/mol. The number of hydrogen-bond acceptors (Lipinski definition) is 3. The summed E-state index contributed by atoms with van der Waals surface area (Å²) in [4.78, 5) is 4.94. The molecule has 0 aliphatic heterocycles. The summed E-state index contributed by atoms with van der Waals surface area (Å²) in [6.07, 6.45) is 5.23. The van der Waals surface area contributed by atoms with Crippen LogP contribution >= 0.6 is 11.3 Å². The molecule has 1 aromatic rings. The largest absolute Gasteiger partial charge is 0.306 e. The van der Waals surface area contributed by atoms with Crippen molar-refractivity contribution in [1.82, 2.24) is 10.3 Å². The van der Waals surface area contributed by atoms with Gasteiger partial charge < -0.3 is 5.32 Å². The Morgan fingerprint density at radius 1 is 1.32 bits per heavy atom. The molecule has 1 aliphatic carbocycles. The molecule has 19 heavy (non-hydrogen) atoms. The van der Waals surface area contributed by atoms with E-state index in [1.54, 1.807) is 0 Å². The van der Waals surface area contributed by atoms with Crippen LogP contribution in [0.2, 0.25) is 0 Å². The van der Waals surface area contributed by atoms with Gasteiger partial charge in [-0.25, -0.2) is 4.98 Å². The molecular formula is C16H28N2S. The van der Waals surface area contributed by atoms with Crippen LogP contribution < -0.4 is 5.32 Å². The van der Waals surface area contributed by atoms with Crippen LogP contribution in [0.5, 0.6) is 0 Å². The number of thiazole rings is 1. The Labute approximate surface area is 122 Å². The van der Waals surface area contributed by atoms with Crippen molar-refractivity contribution in [2.24, 2.45) is 5.92 Å². The molecule has 1 saturated carbocycles. The lowest BCUT2D eigenvalue weighted by Crippen LogP contribution is -2.40. The Balaban J connectivity index is 2.18. The van der Waals surface area contributed by atoms with Crippen LogP contribution in [0.1, 0.15) is 71.0 Å². The Kier molecular flexibility index (Phi) is 4.36. The molecule has 1 heterocycles. The lowest BCUT2D eigenvalue weighted by atomic mass is 9.92. The molecule has 1 fully saturated rings. The van der Waals surface area contributed by atoms with E-state index in [0.29, 0.717) is 0 Å². The van der Waals surface area contributed by atoms with Crippen molar-refractivity contribution in [2.75, 3.05) is 6.54 Å². The molecule has 0 aromatic carbocycles. The minimum absolute atomic E-state index is 0.0747. The van der Waals surface area contributed by atoms with E-state index < -0.39 is 0 Å². The normalized spacial score (nSPS) is 19.4. The lowest BCUT2D eigenvalue weighted by Gasteiger charge is -2.29. The summed E-state index contributed by atoms with van der Waals surface area (Å²) in [5, 5.41) is 7.27. The molecule has 0 amide bonds. The molecule has 0 saturated heterocycles. The summed E-state index contributed by atoms with van der Waals surface area (Å²) in [6.45, 7) is 12.4. The summed E-state index contributed by atoms with van der Waals surface area (Å²) in [5.74, 6) is 0.913. The third-order valence-electron chi connectivity index (χ3n) is 3.90. The zero-order chi connectivity index (χ0) is 14.1. The van der Waals surface area contributed by atoms with Gasteiger partial charge in [0.1, 0.15) is 5.01 Å². The molecule has 1 aromatic heterocycles. The van der Waals surface area contributed by atoms with E-state index in [2.05, 4.69) is 45.3 Å². The van der Waals surface area contributed by atoms with Gasteiger partial charge in [-0.2, -0.15) is 0 Å². The van der Waals surface area contributed by atoms with Gasteiger partial charge in [-0.05, 0) is 32.2 Å². The van der Waals surface area contributed by atoms with E-state index in [4.69, 9.17) is 4.98 Å². The fourth-order valence-corrected chi connectivity index (χ4v) is 3.60. The first kappa shape index (κ1) is 15.0. The summed E-state index contributed by atoms with van der Waals surface area (Å²) in [7, 11) is 0. The molecule has 3 heteroatoms. The van der Waals surface area contributed by atoms with Crippen molar-refractivity contribution < 1.29 is 0 Å². The number of aromatic nitrogens is 1. The van der Waals surface area contributed by atoms with Gasteiger partial charge in [-0.3, -0.25) is 0 Å². The molecular weight excluding hydrogens is 252 g/mol. The third-order valence-corrected chi connectivity index (χ3v) is 5.01. The number of hydrogen-bond donors (Lipinski definition) is 1. The van der Waals surface area contributed by atoms with Crippen molar-refractivity contribution in [3.63, 3.8) is 0 Å². The van der Waals surface area contributed by atoms with E-state index in [-0.39, 0.29) is 11.0 Å². The van der Waals surface area contributed by atoms with Crippen LogP contribution in [0, 0.1) is 5.92 Å². The Morgan fingerprint density at radius 2 is 2.00 bits per heavy atom. The highest BCUT2D eigenvalue weighted by Gasteiger charge is 2.36. The summed E-state index contributed by atoms with van der Waals surface area (Å²) < 4.78 is 0. The van der Waals surface area contributed by atoms with Crippen molar-refractivity contribution in [2.45, 2.75) is 71.3 Å². The summed E-state index contributed by atoms with van der Waals surface area (Å²) in [5.41, 5.74) is 1.46. The highest BCUT2D eigenvalue weighted by molar-refractivity contribution is 7.09. The molecule has 1 atom stereocenters. The number of rotatable bonds is 6. The predicted molar refractivity (Wildman–Crippen MR) is 83.8 cm³/mol. The van der Waals surface area contributed by atoms with Crippen LogP contribution in [0.4, 0.5) is 0 Å². The molecule has 108 valence electrons. The van der Waals surface area contributed by atoms with Gasteiger partial charge in [0, 0.05) is 10.8 Å². The molecule has 0 spiro atoms. The highest BCUT2D eigenvalue weighted by atomic mass is 32.1. The quantitative estimate of drug-likeness (QED) is 0.832. The van der Waals surface area contributed by atoms with Gasteiger partial charge in [0.25, 0.3) is 0 Å². The van der Waals surface area contributed by atoms with Crippen LogP contribution in [-0.4, -0.2) is 11.5 Å². The fourth-order valence-electron chi connectivity index (χ4n) is 2.41. The van der Waals surface area contributed by atoms with Crippen molar-refractivity contribution in [3.8, 4) is 0 Å². The fraction of sp³-hybridized carbons (Fsp3) is 0.812. The number of nitrogens with zero attached hydrogens (tertiary/aromatic N) is 1. The topological polar surface area (TPSA) is 24.9 Å². The zero-order valence-corrected chi connectivity index (χ0v) is 13.9. The Morgan fingerprint density at radius 3 is 2.47 bits per heavy atom. The van der Waals surface area contributed by atoms with Gasteiger partial charge in [0.15, 0.2) is 0 Å². The highest BCUT2D eigenvalue weighted by Crippen LogP contribution is 2.42. The van der Waals surface area contributed by atoms with Gasteiger partial charge in [-0.1, -0.05) is 40.5 Å². The lowest BCUT2D eigenvalue weighted by molar-refractivity contribution is 0.320. The van der Waals surface area contributed by atoms with Crippen LogP contribution in [-0.2, 0) is 11.0 Å². The summed E-state index contributed by atoms with van der Waals surface area (Å²) in [6, 6.07) is 0. The third kappa shape index (κ3) is 3.79. The number of nitrogens with one attached hydrogen (secondary N) is 1. The van der Waals surface area contributed by atoms with Crippen LogP contribution in [0.15, 0.2) is 5.38 Å². The second kappa shape index (κ2) is 5.53. The van der Waals surface area contributed by atoms with E-state index in [9.17, 15) is 0 Å². The van der Waals surface area contributed by atoms with Crippen molar-refractivity contribution in [1.29, 1.82) is 0 Å². The van der Waals surface area contributed by atoms with E-state index in [1.807, 2.05) is 11.3 Å². The minimum Gasteiger partial charge on any atom is -0.306 e. The van der Waals surface area contributed by atoms with Crippen molar-refractivity contribution in [3.05, 3.63) is 16.1 Å². The molecule has 2 nitrogen and oxygen atoms in total. The maximum absolute atomic E-state index is 4.94. The second-order valence-electron chi connectivity index (χ2n) is 7.19. The van der Waals surface area contributed by atoms with E-state index in [0.717, 1.165) is 12.5 Å². The predicted octanol–water partition coefficient (Wildman–Crippen LogP) is 4.46. The molecule has 2 rings (SSSR count). The maximum Gasteiger partial charge on any atom is 0.113 e. The Hall–Kier alpha value is -0.410. The van der Waals surface area contributed by atoms with Crippen molar-refractivity contribution >= 4 is 11.3 Å². The molecule has 1 N–H and O–H groups in total. The van der Waals surface area contributed by atoms with Gasteiger partial charge in [0.05, 0.1) is 11.2 Å². The van der Waals surface area contributed by atoms with Gasteiger partial charge in [-0.15, -0.1) is 11.3 Å². The van der Waals surface area contributed by atoms with Crippen LogP contribution in [0.25, 0.3) is 0 Å². The van der Waals surface area contributed by atoms with Gasteiger partial charge >= 0.3 is 0 Å². The molecule has 0 bridgehead atoms. The first-order valence-corrected chi connectivity index (χ1v) is 8.44. The first-order chi connectivity index (χ1) is 8.85. The molecule has 1 unspecified atom stereocenters. The maximum atomic E-state index is 4.94. The standard InChI is InChI=1S/C16H28N2S/c1-6-9-17-16(5,10-12-7-8-12)14-18-13(11-19-14)15(2,3)4/h11-12,17H,6-10H2,1-5H3. The zero-order valence-electron chi connectivity index (χ0n) is 13.0. The van der Waals surface area contributed by atoms with E-state index >= 15 is 0 Å². The summed E-state index contributed by atoms with van der Waals surface area (Å²) >= 11 is 1.83. The smallest absolute Gasteiger partial charge is 0.113 e. The van der Waals surface area contributed by atoms with Crippen LogP contribution in [0.3, 0.4) is 0 Å². The molecule has 1 aliphatic rings. The van der Waals surface area contributed by atoms with Gasteiger partial charge in [0.2, 0.25) is 0 Å². The monoisotopic (exact) mass is 280 g/mol. The van der Waals surface area contributed by atoms with E-state index in [1.165, 1.54) is 36.4 Å². The Bertz CT molecular complexity index is 415. The first-order valence-electron chi connectivity index (χ1n) is 7.56. The average Bonchev–Trinajstić information content (AvgIpc) is 2.97. The minimum atomic E-state index is 0.0747. The molecule has 0 radical (unpaired) electrons. The SMILES string of the molecule is CCCNC(C)(CC1CC1)c1nc(C(C)(C)C)cs1. The second-order valence-corrected chi connectivity index (χ2v) is 8.05.